The first kappa shape index (κ1) is 13.0. The highest BCUT2D eigenvalue weighted by atomic mass is 32.2. The summed E-state index contributed by atoms with van der Waals surface area (Å²) in [4.78, 5) is 0.338. The van der Waals surface area contributed by atoms with Crippen LogP contribution in [-0.4, -0.2) is 27.3 Å². The molecule has 1 aromatic rings. The number of anilines is 1. The maximum absolute atomic E-state index is 11.3. The lowest BCUT2D eigenvalue weighted by Crippen LogP contribution is -2.22. The number of rotatable bonds is 4. The zero-order chi connectivity index (χ0) is 13.0. The van der Waals surface area contributed by atoms with Gasteiger partial charge in [-0.05, 0) is 43.2 Å². The molecule has 0 radical (unpaired) electrons. The van der Waals surface area contributed by atoms with E-state index in [4.69, 9.17) is 4.74 Å². The number of allylic oxidation sites excluding steroid dienone is 1. The largest absolute Gasteiger partial charge is 0.497 e. The van der Waals surface area contributed by atoms with Gasteiger partial charge < -0.3 is 10.1 Å². The molecule has 98 valence electrons. The van der Waals surface area contributed by atoms with E-state index in [1.165, 1.54) is 6.26 Å². The second kappa shape index (κ2) is 5.44. The lowest BCUT2D eigenvalue weighted by Gasteiger charge is -2.20. The van der Waals surface area contributed by atoms with Gasteiger partial charge in [0.15, 0.2) is 9.84 Å². The van der Waals surface area contributed by atoms with Crippen LogP contribution in [0.5, 0.6) is 0 Å². The minimum Gasteiger partial charge on any atom is -0.497 e. The number of benzene rings is 1. The highest BCUT2D eigenvalue weighted by Gasteiger charge is 2.11. The molecule has 1 aliphatic heterocycles. The van der Waals surface area contributed by atoms with Crippen LogP contribution in [0.15, 0.2) is 41.5 Å². The van der Waals surface area contributed by atoms with Crippen LogP contribution in [0, 0.1) is 0 Å². The number of hydrogen-bond donors (Lipinski definition) is 1. The summed E-state index contributed by atoms with van der Waals surface area (Å²) in [6, 6.07) is 6.77. The average molecular weight is 267 g/mol. The molecule has 4 nitrogen and oxygen atoms in total. The maximum atomic E-state index is 11.3. The Bertz CT molecular complexity index is 520. The van der Waals surface area contributed by atoms with E-state index in [2.05, 4.69) is 5.32 Å². The topological polar surface area (TPSA) is 55.4 Å². The van der Waals surface area contributed by atoms with Crippen LogP contribution >= 0.6 is 0 Å². The van der Waals surface area contributed by atoms with Gasteiger partial charge >= 0.3 is 0 Å². The Morgan fingerprint density at radius 3 is 2.61 bits per heavy atom. The molecule has 0 saturated carbocycles. The summed E-state index contributed by atoms with van der Waals surface area (Å²) in [5.41, 5.74) is 0.903. The molecule has 1 aliphatic rings. The monoisotopic (exact) mass is 267 g/mol. The third-order valence-corrected chi connectivity index (χ3v) is 3.97. The zero-order valence-corrected chi connectivity index (χ0v) is 11.1. The van der Waals surface area contributed by atoms with Crippen LogP contribution in [-0.2, 0) is 14.6 Å². The minimum atomic E-state index is -3.12. The number of nitrogens with one attached hydrogen (secondary N) is 1. The third-order valence-electron chi connectivity index (χ3n) is 2.84. The van der Waals surface area contributed by atoms with Gasteiger partial charge in [-0.2, -0.15) is 0 Å². The van der Waals surface area contributed by atoms with Crippen molar-refractivity contribution < 1.29 is 13.2 Å². The van der Waals surface area contributed by atoms with Gasteiger partial charge in [-0.1, -0.05) is 0 Å². The Morgan fingerprint density at radius 2 is 2.06 bits per heavy atom. The second-order valence-electron chi connectivity index (χ2n) is 4.38. The van der Waals surface area contributed by atoms with Crippen LogP contribution in [0.1, 0.15) is 12.8 Å². The van der Waals surface area contributed by atoms with Gasteiger partial charge in [-0.15, -0.1) is 0 Å². The molecule has 0 fully saturated rings. The predicted molar refractivity (Wildman–Crippen MR) is 71.3 cm³/mol. The minimum absolute atomic E-state index is 0.185. The molecule has 1 aromatic carbocycles. The molecule has 1 atom stereocenters. The quantitative estimate of drug-likeness (QED) is 0.908. The van der Waals surface area contributed by atoms with Crippen LogP contribution in [0.4, 0.5) is 5.69 Å². The van der Waals surface area contributed by atoms with Gasteiger partial charge in [-0.3, -0.25) is 0 Å². The summed E-state index contributed by atoms with van der Waals surface area (Å²) in [5.74, 6) is 0. The Hall–Kier alpha value is -1.49. The standard InChI is InChI=1S/C13H17NO3S/c1-18(15,16)13-7-5-11(6-8-13)14-10-12-4-2-3-9-17-12/h3,5-9,12,14H,2,4,10H2,1H3. The van der Waals surface area contributed by atoms with E-state index >= 15 is 0 Å². The first-order valence-corrected chi connectivity index (χ1v) is 7.79. The molecule has 1 N–H and O–H groups in total. The Kier molecular flexibility index (Phi) is 3.91. The maximum Gasteiger partial charge on any atom is 0.175 e. The molecule has 0 spiro atoms. The summed E-state index contributed by atoms with van der Waals surface area (Å²) in [5, 5.41) is 3.24. The molecular formula is C13H17NO3S. The van der Waals surface area contributed by atoms with Gasteiger partial charge in [0.25, 0.3) is 0 Å². The average Bonchev–Trinajstić information content (AvgIpc) is 2.37. The third kappa shape index (κ3) is 3.50. The van der Waals surface area contributed by atoms with E-state index in [-0.39, 0.29) is 6.10 Å². The van der Waals surface area contributed by atoms with E-state index in [0.29, 0.717) is 4.90 Å². The number of hydrogen-bond acceptors (Lipinski definition) is 4. The second-order valence-corrected chi connectivity index (χ2v) is 6.40. The normalized spacial score (nSPS) is 19.3. The first-order valence-electron chi connectivity index (χ1n) is 5.90. The number of ether oxygens (including phenoxy) is 1. The first-order chi connectivity index (χ1) is 8.55. The lowest BCUT2D eigenvalue weighted by atomic mass is 10.1. The predicted octanol–water partition coefficient (Wildman–Crippen LogP) is 2.19. The fourth-order valence-corrected chi connectivity index (χ4v) is 2.42. The van der Waals surface area contributed by atoms with Gasteiger partial charge in [0.1, 0.15) is 6.10 Å². The van der Waals surface area contributed by atoms with Crippen molar-refractivity contribution in [1.82, 2.24) is 0 Å². The Morgan fingerprint density at radius 1 is 1.33 bits per heavy atom. The van der Waals surface area contributed by atoms with Gasteiger partial charge in [0, 0.05) is 11.9 Å². The molecule has 5 heteroatoms. The fourth-order valence-electron chi connectivity index (χ4n) is 1.79. The van der Waals surface area contributed by atoms with E-state index in [1.807, 2.05) is 6.08 Å². The highest BCUT2D eigenvalue weighted by molar-refractivity contribution is 7.90. The van der Waals surface area contributed by atoms with Crippen molar-refractivity contribution >= 4 is 15.5 Å². The van der Waals surface area contributed by atoms with E-state index < -0.39 is 9.84 Å². The van der Waals surface area contributed by atoms with E-state index in [1.54, 1.807) is 30.5 Å². The highest BCUT2D eigenvalue weighted by Crippen LogP contribution is 2.15. The van der Waals surface area contributed by atoms with Crippen LogP contribution < -0.4 is 5.32 Å². The summed E-state index contributed by atoms with van der Waals surface area (Å²) < 4.78 is 28.0. The van der Waals surface area contributed by atoms with Crippen LogP contribution in [0.2, 0.25) is 0 Å². The molecule has 1 unspecified atom stereocenters. The zero-order valence-electron chi connectivity index (χ0n) is 10.3. The summed E-state index contributed by atoms with van der Waals surface area (Å²) in [6.07, 6.45) is 7.19. The van der Waals surface area contributed by atoms with Gasteiger partial charge in [0.2, 0.25) is 0 Å². The van der Waals surface area contributed by atoms with E-state index in [9.17, 15) is 8.42 Å². The van der Waals surface area contributed by atoms with Crippen molar-refractivity contribution in [3.05, 3.63) is 36.6 Å². The van der Waals surface area contributed by atoms with E-state index in [0.717, 1.165) is 25.1 Å². The van der Waals surface area contributed by atoms with Crippen LogP contribution in [0.25, 0.3) is 0 Å². The lowest BCUT2D eigenvalue weighted by molar-refractivity contribution is 0.135. The molecule has 0 saturated heterocycles. The molecule has 0 aliphatic carbocycles. The van der Waals surface area contributed by atoms with Crippen molar-refractivity contribution in [1.29, 1.82) is 0 Å². The molecule has 0 aromatic heterocycles. The van der Waals surface area contributed by atoms with Crippen molar-refractivity contribution in [2.24, 2.45) is 0 Å². The molecular weight excluding hydrogens is 250 g/mol. The summed E-state index contributed by atoms with van der Waals surface area (Å²) in [6.45, 7) is 0.725. The smallest absolute Gasteiger partial charge is 0.175 e. The SMILES string of the molecule is CS(=O)(=O)c1ccc(NCC2CCC=CO2)cc1. The molecule has 0 bridgehead atoms. The Balaban J connectivity index is 1.92. The Labute approximate surface area is 108 Å². The van der Waals surface area contributed by atoms with Crippen molar-refractivity contribution in [2.45, 2.75) is 23.8 Å². The summed E-state index contributed by atoms with van der Waals surface area (Å²) >= 11 is 0. The summed E-state index contributed by atoms with van der Waals surface area (Å²) in [7, 11) is -3.12. The molecule has 2 rings (SSSR count). The fraction of sp³-hybridized carbons (Fsp3) is 0.385. The number of sulfone groups is 1. The van der Waals surface area contributed by atoms with Crippen molar-refractivity contribution in [3.8, 4) is 0 Å². The van der Waals surface area contributed by atoms with Gasteiger partial charge in [0.05, 0.1) is 17.7 Å². The molecule has 1 heterocycles. The van der Waals surface area contributed by atoms with Crippen molar-refractivity contribution in [2.75, 3.05) is 18.1 Å². The molecule has 0 amide bonds. The van der Waals surface area contributed by atoms with Crippen LogP contribution in [0.3, 0.4) is 0 Å². The van der Waals surface area contributed by atoms with Crippen molar-refractivity contribution in [3.63, 3.8) is 0 Å². The molecule has 18 heavy (non-hydrogen) atoms. The van der Waals surface area contributed by atoms with Gasteiger partial charge in [-0.25, -0.2) is 8.42 Å².